The molecule has 2 aromatic carbocycles. The second-order valence-electron chi connectivity index (χ2n) is 6.02. The number of halogens is 1. The van der Waals surface area contributed by atoms with E-state index in [0.717, 1.165) is 37.6 Å². The van der Waals surface area contributed by atoms with Crippen molar-refractivity contribution in [1.29, 1.82) is 0 Å². The van der Waals surface area contributed by atoms with Gasteiger partial charge in [0.2, 0.25) is 0 Å². The summed E-state index contributed by atoms with van der Waals surface area (Å²) in [5.41, 5.74) is 2.65. The number of aryl methyl sites for hydroxylation is 1. The summed E-state index contributed by atoms with van der Waals surface area (Å²) >= 11 is 0. The Labute approximate surface area is 145 Å². The zero-order chi connectivity index (χ0) is 18.0. The molecule has 0 bridgehead atoms. The number of benzene rings is 2. The van der Waals surface area contributed by atoms with E-state index < -0.39 is 0 Å². The predicted octanol–water partition coefficient (Wildman–Crippen LogP) is 3.38. The van der Waals surface area contributed by atoms with Crippen molar-refractivity contribution in [2.24, 2.45) is 0 Å². The Kier molecular flexibility index (Phi) is 4.74. The maximum atomic E-state index is 13.4. The molecule has 0 atom stereocenters. The van der Waals surface area contributed by atoms with Gasteiger partial charge in [-0.05, 0) is 31.2 Å². The first-order valence-corrected chi connectivity index (χ1v) is 8.08. The molecule has 0 aromatic heterocycles. The predicted molar refractivity (Wildman–Crippen MR) is 95.2 cm³/mol. The number of ether oxygens (including phenoxy) is 1. The minimum absolute atomic E-state index is 0.137. The number of nitro groups is 1. The van der Waals surface area contributed by atoms with E-state index in [2.05, 4.69) is 9.80 Å². The SMILES string of the molecule is COc1cc(F)ccc1N1CCN(c2ccc([N+](=O)[O-])c(C)c2)CC1. The van der Waals surface area contributed by atoms with Gasteiger partial charge >= 0.3 is 0 Å². The Morgan fingerprint density at radius 1 is 1.08 bits per heavy atom. The molecule has 1 saturated heterocycles. The molecule has 1 fully saturated rings. The molecule has 25 heavy (non-hydrogen) atoms. The first-order valence-electron chi connectivity index (χ1n) is 8.08. The van der Waals surface area contributed by atoms with Gasteiger partial charge in [-0.15, -0.1) is 0 Å². The van der Waals surface area contributed by atoms with Gasteiger partial charge in [0.15, 0.2) is 0 Å². The number of hydrogen-bond donors (Lipinski definition) is 0. The van der Waals surface area contributed by atoms with E-state index in [-0.39, 0.29) is 16.4 Å². The Morgan fingerprint density at radius 2 is 1.76 bits per heavy atom. The van der Waals surface area contributed by atoms with Gasteiger partial charge in [-0.1, -0.05) is 0 Å². The van der Waals surface area contributed by atoms with Crippen LogP contribution in [-0.2, 0) is 0 Å². The topological polar surface area (TPSA) is 58.8 Å². The number of piperazine rings is 1. The van der Waals surface area contributed by atoms with Crippen molar-refractivity contribution in [3.8, 4) is 5.75 Å². The van der Waals surface area contributed by atoms with Gasteiger partial charge in [-0.3, -0.25) is 10.1 Å². The van der Waals surface area contributed by atoms with Crippen LogP contribution in [0, 0.1) is 22.9 Å². The highest BCUT2D eigenvalue weighted by Crippen LogP contribution is 2.31. The third-order valence-electron chi connectivity index (χ3n) is 4.50. The zero-order valence-electron chi connectivity index (χ0n) is 14.2. The van der Waals surface area contributed by atoms with Crippen LogP contribution in [0.5, 0.6) is 5.75 Å². The summed E-state index contributed by atoms with van der Waals surface area (Å²) in [4.78, 5) is 14.9. The highest BCUT2D eigenvalue weighted by atomic mass is 19.1. The molecule has 3 rings (SSSR count). The maximum absolute atomic E-state index is 13.4. The van der Waals surface area contributed by atoms with Gasteiger partial charge in [0.1, 0.15) is 11.6 Å². The van der Waals surface area contributed by atoms with Crippen LogP contribution in [0.25, 0.3) is 0 Å². The van der Waals surface area contributed by atoms with Crippen LogP contribution in [-0.4, -0.2) is 38.2 Å². The van der Waals surface area contributed by atoms with Crippen molar-refractivity contribution >= 4 is 17.1 Å². The highest BCUT2D eigenvalue weighted by molar-refractivity contribution is 5.61. The van der Waals surface area contributed by atoms with Gasteiger partial charge in [-0.25, -0.2) is 4.39 Å². The van der Waals surface area contributed by atoms with Crippen molar-refractivity contribution in [3.05, 3.63) is 57.9 Å². The van der Waals surface area contributed by atoms with Crippen LogP contribution in [0.15, 0.2) is 36.4 Å². The molecule has 132 valence electrons. The van der Waals surface area contributed by atoms with Gasteiger partial charge in [0, 0.05) is 49.6 Å². The fourth-order valence-electron chi connectivity index (χ4n) is 3.16. The molecule has 6 nitrogen and oxygen atoms in total. The summed E-state index contributed by atoms with van der Waals surface area (Å²) in [6.07, 6.45) is 0. The normalized spacial score (nSPS) is 14.5. The molecular weight excluding hydrogens is 325 g/mol. The quantitative estimate of drug-likeness (QED) is 0.628. The molecule has 1 heterocycles. The van der Waals surface area contributed by atoms with Gasteiger partial charge in [0.25, 0.3) is 5.69 Å². The third kappa shape index (κ3) is 3.50. The van der Waals surface area contributed by atoms with Crippen molar-refractivity contribution in [2.45, 2.75) is 6.92 Å². The van der Waals surface area contributed by atoms with Crippen molar-refractivity contribution in [2.75, 3.05) is 43.1 Å². The number of nitro benzene ring substituents is 1. The van der Waals surface area contributed by atoms with Crippen molar-refractivity contribution < 1.29 is 14.1 Å². The van der Waals surface area contributed by atoms with Crippen LogP contribution in [0.3, 0.4) is 0 Å². The summed E-state index contributed by atoms with van der Waals surface area (Å²) in [6.45, 7) is 4.83. The Morgan fingerprint density at radius 3 is 2.36 bits per heavy atom. The second kappa shape index (κ2) is 6.96. The van der Waals surface area contributed by atoms with E-state index in [4.69, 9.17) is 4.74 Å². The second-order valence-corrected chi connectivity index (χ2v) is 6.02. The number of nitrogens with zero attached hydrogens (tertiary/aromatic N) is 3. The molecule has 0 saturated carbocycles. The van der Waals surface area contributed by atoms with E-state index in [0.29, 0.717) is 11.3 Å². The van der Waals surface area contributed by atoms with Crippen LogP contribution in [0.4, 0.5) is 21.5 Å². The van der Waals surface area contributed by atoms with Gasteiger partial charge in [-0.2, -0.15) is 0 Å². The summed E-state index contributed by atoms with van der Waals surface area (Å²) in [5, 5.41) is 10.9. The molecule has 0 spiro atoms. The Balaban J connectivity index is 1.72. The number of rotatable bonds is 4. The van der Waals surface area contributed by atoms with Gasteiger partial charge in [0.05, 0.1) is 17.7 Å². The van der Waals surface area contributed by atoms with Crippen molar-refractivity contribution in [1.82, 2.24) is 0 Å². The van der Waals surface area contributed by atoms with Crippen LogP contribution < -0.4 is 14.5 Å². The maximum Gasteiger partial charge on any atom is 0.272 e. The lowest BCUT2D eigenvalue weighted by Gasteiger charge is -2.37. The molecule has 0 aliphatic carbocycles. The zero-order valence-corrected chi connectivity index (χ0v) is 14.2. The summed E-state index contributed by atoms with van der Waals surface area (Å²) in [5.74, 6) is 0.209. The smallest absolute Gasteiger partial charge is 0.272 e. The summed E-state index contributed by atoms with van der Waals surface area (Å²) in [6, 6.07) is 9.76. The monoisotopic (exact) mass is 345 g/mol. The lowest BCUT2D eigenvalue weighted by molar-refractivity contribution is -0.385. The van der Waals surface area contributed by atoms with Gasteiger partial charge < -0.3 is 14.5 Å². The minimum Gasteiger partial charge on any atom is -0.494 e. The van der Waals surface area contributed by atoms with E-state index in [1.165, 1.54) is 19.2 Å². The molecular formula is C18H20FN3O3. The molecule has 1 aliphatic rings. The Bertz CT molecular complexity index is 789. The van der Waals surface area contributed by atoms with Crippen molar-refractivity contribution in [3.63, 3.8) is 0 Å². The average molecular weight is 345 g/mol. The van der Waals surface area contributed by atoms with Crippen LogP contribution >= 0.6 is 0 Å². The molecule has 0 unspecified atom stereocenters. The number of hydrogen-bond acceptors (Lipinski definition) is 5. The average Bonchev–Trinajstić information content (AvgIpc) is 2.61. The number of anilines is 2. The fraction of sp³-hybridized carbons (Fsp3) is 0.333. The molecule has 0 radical (unpaired) electrons. The summed E-state index contributed by atoms with van der Waals surface area (Å²) < 4.78 is 18.6. The van der Waals surface area contributed by atoms with E-state index in [9.17, 15) is 14.5 Å². The highest BCUT2D eigenvalue weighted by Gasteiger charge is 2.21. The third-order valence-corrected chi connectivity index (χ3v) is 4.50. The lowest BCUT2D eigenvalue weighted by Crippen LogP contribution is -2.46. The first kappa shape index (κ1) is 17.0. The van der Waals surface area contributed by atoms with E-state index in [1.807, 2.05) is 6.07 Å². The lowest BCUT2D eigenvalue weighted by atomic mass is 10.1. The van der Waals surface area contributed by atoms with E-state index >= 15 is 0 Å². The van der Waals surface area contributed by atoms with Crippen LogP contribution in [0.1, 0.15) is 5.56 Å². The molecule has 1 aliphatic heterocycles. The summed E-state index contributed by atoms with van der Waals surface area (Å²) in [7, 11) is 1.54. The van der Waals surface area contributed by atoms with Crippen LogP contribution in [0.2, 0.25) is 0 Å². The minimum atomic E-state index is -0.363. The fourth-order valence-corrected chi connectivity index (χ4v) is 3.16. The molecule has 0 amide bonds. The molecule has 0 N–H and O–H groups in total. The molecule has 2 aromatic rings. The Hall–Kier alpha value is -2.83. The first-order chi connectivity index (χ1) is 12.0. The number of methoxy groups -OCH3 is 1. The largest absolute Gasteiger partial charge is 0.494 e. The van der Waals surface area contributed by atoms with E-state index in [1.54, 1.807) is 25.1 Å². The standard InChI is InChI=1S/C18H20FN3O3/c1-13-11-15(4-6-16(13)22(23)24)20-7-9-21(10-8-20)17-5-3-14(19)12-18(17)25-2/h3-6,11-12H,7-10H2,1-2H3. The molecule has 7 heteroatoms.